The van der Waals surface area contributed by atoms with Gasteiger partial charge in [0, 0.05) is 118 Å². The average molecular weight is 1860 g/mol. The molecule has 2 aliphatic rings. The molecule has 2 fully saturated rings. The third kappa shape index (κ3) is 29.1. The van der Waals surface area contributed by atoms with Gasteiger partial charge in [0.15, 0.2) is 5.78 Å². The van der Waals surface area contributed by atoms with E-state index in [0.29, 0.717) is 53.4 Å². The van der Waals surface area contributed by atoms with Crippen LogP contribution < -0.4 is 65.1 Å². The Bertz CT molecular complexity index is 5110. The zero-order valence-electron chi connectivity index (χ0n) is 74.9. The zero-order chi connectivity index (χ0) is 96.9. The van der Waals surface area contributed by atoms with Crippen molar-refractivity contribution in [2.75, 3.05) is 58.9 Å². The number of likely N-dealkylation sites (N-methyl/N-ethyl adjacent to an activating group) is 3. The Hall–Kier alpha value is -13.4. The van der Waals surface area contributed by atoms with Crippen molar-refractivity contribution >= 4 is 140 Å². The molecule has 0 spiro atoms. The number of aliphatic hydroxyl groups excluding tert-OH is 2. The van der Waals surface area contributed by atoms with Crippen molar-refractivity contribution in [2.45, 2.75) is 228 Å². The minimum absolute atomic E-state index is 0.0143. The van der Waals surface area contributed by atoms with Gasteiger partial charge in [-0.25, -0.2) is 4.98 Å². The molecule has 44 heteroatoms. The lowest BCUT2D eigenvalue weighted by Crippen LogP contribution is -2.61. The first-order valence-corrected chi connectivity index (χ1v) is 44.8. The molecule has 3 aromatic carbocycles. The van der Waals surface area contributed by atoms with Crippen LogP contribution in [0.3, 0.4) is 0 Å². The predicted molar refractivity (Wildman–Crippen MR) is 480 cm³/mol. The fraction of sp³-hybridized carbons (Fsp3) is 0.511. The van der Waals surface area contributed by atoms with Gasteiger partial charge in [0.1, 0.15) is 78.3 Å². The number of nitrogens with one attached hydrogen (secondary N) is 12. The number of para-hydroxylation sites is 2. The monoisotopic (exact) mass is 1860 g/mol. The average Bonchev–Trinajstić information content (AvgIpc) is 0.918. The highest BCUT2D eigenvalue weighted by Gasteiger charge is 2.45. The quantitative estimate of drug-likeness (QED) is 0.0182. The molecule has 43 nitrogen and oxygen atoms in total. The third-order valence-corrected chi connectivity index (χ3v) is 24.3. The highest BCUT2D eigenvalue weighted by Crippen LogP contribution is 2.27. The van der Waals surface area contributed by atoms with E-state index in [2.05, 4.69) is 67.8 Å². The van der Waals surface area contributed by atoms with Crippen molar-refractivity contribution in [3.63, 3.8) is 0 Å². The van der Waals surface area contributed by atoms with Gasteiger partial charge in [-0.3, -0.25) is 86.3 Å². The highest BCUT2D eigenvalue weighted by atomic mass is 32.2. The Morgan fingerprint density at radius 2 is 1.14 bits per heavy atom. The Morgan fingerprint density at radius 3 is 1.74 bits per heavy atom. The van der Waals surface area contributed by atoms with Gasteiger partial charge in [0.25, 0.3) is 0 Å². The number of nitrogens with zero attached hydrogens (tertiary/aromatic N) is 6. The Morgan fingerprint density at radius 1 is 0.576 bits per heavy atom. The van der Waals surface area contributed by atoms with E-state index in [4.69, 9.17) is 17.2 Å². The molecule has 16 amide bonds. The number of ketones is 1. The van der Waals surface area contributed by atoms with E-state index < -0.39 is 241 Å². The van der Waals surface area contributed by atoms with Crippen LogP contribution in [0.2, 0.25) is 0 Å². The van der Waals surface area contributed by atoms with Gasteiger partial charge in [-0.2, -0.15) is 0 Å². The number of aromatic amines is 3. The minimum Gasteiger partial charge on any atom is -0.508 e. The zero-order valence-corrected chi connectivity index (χ0v) is 75.7. The molecule has 0 saturated carbocycles. The Balaban J connectivity index is 0.917. The van der Waals surface area contributed by atoms with Crippen molar-refractivity contribution in [3.05, 3.63) is 120 Å². The van der Waals surface area contributed by atoms with Crippen LogP contribution in [0.4, 0.5) is 0 Å². The molecule has 2 aliphatic heterocycles. The number of phenols is 1. The summed E-state index contributed by atoms with van der Waals surface area (Å²) in [5, 5.41) is 65.3. The van der Waals surface area contributed by atoms with Crippen LogP contribution in [0.1, 0.15) is 134 Å². The molecule has 0 aliphatic carbocycles. The lowest BCUT2D eigenvalue weighted by molar-refractivity contribution is -0.149. The number of benzene rings is 3. The van der Waals surface area contributed by atoms with Crippen LogP contribution in [0, 0.1) is 0 Å². The summed E-state index contributed by atoms with van der Waals surface area (Å²) in [5.41, 5.74) is 21.0. The van der Waals surface area contributed by atoms with Crippen molar-refractivity contribution in [1.82, 2.24) is 92.3 Å². The molecule has 5 heterocycles. The first kappa shape index (κ1) is 104. The summed E-state index contributed by atoms with van der Waals surface area (Å²) >= 11 is 0.765. The molecule has 8 rings (SSSR count). The van der Waals surface area contributed by atoms with Gasteiger partial charge in [-0.05, 0) is 100 Å². The SMILES string of the molecule is CCCC[C@@H](C(=O)N(C)[C@@H](CCCC)C(=O)N[C@@H](C)C(=O)N[C@@H](CSCC(=O)N[C@@H](Cc1ccc(O)cc1)C(=O)N(C)[C@@H](C)C(=O)N[C@@H](CC(N)=O)C(=O)N1CCC[C@H]1C(=O)N[C@@H](Cc1cnc[nH]1)C(=O)N[C@@H](CCC(=O)O)C(=O)N1C[C@H](O)C[C@H]1C(C)=O)C(=O)NCC(N)=O)N(C)C(=O)[C@H](Cc1c[nH]c2ccccc12)NC(=O)[C@H](CO)NC(=O)[C@@H](N)Cc1c[nH]c2ccccc12. The fourth-order valence-corrected chi connectivity index (χ4v) is 16.6. The lowest BCUT2D eigenvalue weighted by atomic mass is 10.00. The summed E-state index contributed by atoms with van der Waals surface area (Å²) in [6.45, 7) is 5.47. The number of aliphatic hydroxyl groups is 2. The fourth-order valence-electron chi connectivity index (χ4n) is 15.7. The Labute approximate surface area is 765 Å². The number of Topliss-reactive ketones (excluding diaryl/α,β-unsaturated/α-hetero) is 1. The molecule has 2 saturated heterocycles. The van der Waals surface area contributed by atoms with E-state index in [0.717, 1.165) is 42.9 Å². The number of nitrogens with two attached hydrogens (primary N) is 3. The number of carbonyl (C=O) groups excluding carboxylic acids is 17. The lowest BCUT2D eigenvalue weighted by Gasteiger charge is -2.36. The molecular formula is C88H121N21O22S. The number of aromatic nitrogens is 4. The molecule has 15 atom stereocenters. The molecule has 3 aromatic heterocycles. The first-order chi connectivity index (χ1) is 62.7. The number of primary amides is 2. The second-order valence-electron chi connectivity index (χ2n) is 33.1. The van der Waals surface area contributed by atoms with E-state index in [-0.39, 0.29) is 76.6 Å². The number of thioether (sulfide) groups is 1. The molecule has 716 valence electrons. The number of H-pyrrole nitrogens is 3. The summed E-state index contributed by atoms with van der Waals surface area (Å²) in [4.78, 5) is 269. The van der Waals surface area contributed by atoms with E-state index in [9.17, 15) is 97.1 Å². The largest absolute Gasteiger partial charge is 0.508 e. The number of fused-ring (bicyclic) bond motifs is 2. The van der Waals surface area contributed by atoms with E-state index >= 15 is 9.59 Å². The minimum atomic E-state index is -1.78. The van der Waals surface area contributed by atoms with Gasteiger partial charge < -0.3 is 125 Å². The number of phenolic OH excluding ortho intramolecular Hbond substituents is 1. The summed E-state index contributed by atoms with van der Waals surface area (Å²) in [5.74, 6) is -17.4. The smallest absolute Gasteiger partial charge is 0.303 e. The summed E-state index contributed by atoms with van der Waals surface area (Å²) in [6, 6.07) is 0.00483. The number of aromatic hydroxyl groups is 1. The summed E-state index contributed by atoms with van der Waals surface area (Å²) < 4.78 is 0. The normalized spacial score (nSPS) is 16.9. The molecule has 0 unspecified atom stereocenters. The highest BCUT2D eigenvalue weighted by molar-refractivity contribution is 8.00. The predicted octanol–water partition coefficient (Wildman–Crippen LogP) is -2.94. The van der Waals surface area contributed by atoms with Crippen molar-refractivity contribution in [2.24, 2.45) is 17.2 Å². The number of carbonyl (C=O) groups is 18. The second-order valence-corrected chi connectivity index (χ2v) is 34.2. The topological polar surface area (TPSA) is 651 Å². The van der Waals surface area contributed by atoms with Gasteiger partial charge in [0.05, 0.1) is 49.8 Å². The van der Waals surface area contributed by atoms with Crippen LogP contribution in [-0.2, 0) is 112 Å². The van der Waals surface area contributed by atoms with Crippen LogP contribution in [0.15, 0.2) is 97.7 Å². The van der Waals surface area contributed by atoms with E-state index in [1.165, 1.54) is 88.5 Å². The van der Waals surface area contributed by atoms with Crippen LogP contribution >= 0.6 is 11.8 Å². The second kappa shape index (κ2) is 49.6. The number of hydrogen-bond acceptors (Lipinski definition) is 24. The van der Waals surface area contributed by atoms with Crippen molar-refractivity contribution in [3.8, 4) is 5.75 Å². The number of carboxylic acids is 1. The maximum atomic E-state index is 15.2. The number of rotatable bonds is 51. The van der Waals surface area contributed by atoms with Gasteiger partial charge in [-0.15, -0.1) is 11.8 Å². The standard InChI is InChI=1S/C88H121N21O22S/c1-9-11-22-68(106(7)88(131)70(23-12-10-2)107(8)85(128)64(34-52-39-94-60-21-16-14-19-57(52)60)102-81(124)66(43-110)103-78(121)58(89)33-51-38-93-59-20-15-13-18-56(51)59)82(125)97-47(3)76(119)104-67(79(122)95-41-73(91)115)44-132-45-74(116)98-63(32-50-25-27-54(112)28-26-50)84(127)105(6)48(4)77(120)101-65(37-72(90)114)87(130)108-31-17-24-69(108)83(126)100-62(35-53-40-92-46-96-53)80(123)99-61(29-30-75(117)118)86(129)109-42-55(113)36-71(109)49(5)111/h13-16,18-21,25-28,38-40,46-48,55,58,61-71,93-94,110,112-113H,9-12,17,22-24,29-37,41-45,89H2,1-8H3,(H2,90,114)(H2,91,115)(H,92,96)(H,95,122)(H,97,125)(H,98,116)(H,99,123)(H,100,126)(H,101,120)(H,102,124)(H,103,121)(H,104,119)(H,117,118)/t47-,48-,55+,58-,61-,62-,63-,64-,65-,66-,67-,68-,69-,70-,71-/m0/s1. The van der Waals surface area contributed by atoms with E-state index in [1.54, 1.807) is 24.5 Å². The summed E-state index contributed by atoms with van der Waals surface area (Å²) in [7, 11) is 3.95. The van der Waals surface area contributed by atoms with Crippen LogP contribution in [0.5, 0.6) is 5.75 Å². The van der Waals surface area contributed by atoms with E-state index in [1.807, 2.05) is 50.2 Å². The molecular weight excluding hydrogens is 1740 g/mol. The number of unbranched alkanes of at least 4 members (excludes halogenated alkanes) is 2. The Kier molecular flexibility index (Phi) is 39.1. The molecule has 132 heavy (non-hydrogen) atoms. The van der Waals surface area contributed by atoms with Gasteiger partial charge in [0.2, 0.25) is 94.5 Å². The number of hydrogen-bond donors (Lipinski definition) is 19. The van der Waals surface area contributed by atoms with Crippen LogP contribution in [-0.4, -0.2) is 321 Å². The molecule has 0 bridgehead atoms. The molecule has 6 aromatic rings. The third-order valence-electron chi connectivity index (χ3n) is 23.3. The van der Waals surface area contributed by atoms with Gasteiger partial charge >= 0.3 is 5.97 Å². The number of imidazole rings is 1. The van der Waals surface area contributed by atoms with Crippen LogP contribution in [0.25, 0.3) is 21.8 Å². The van der Waals surface area contributed by atoms with Crippen molar-refractivity contribution < 1.29 is 107 Å². The molecule has 0 radical (unpaired) electrons. The molecule has 22 N–H and O–H groups in total. The number of likely N-dealkylation sites (tertiary alicyclic amines) is 2. The van der Waals surface area contributed by atoms with Gasteiger partial charge in [-0.1, -0.05) is 88.1 Å². The maximum Gasteiger partial charge on any atom is 0.303 e. The number of aliphatic carboxylic acids is 1. The number of carboxylic acid groups (broad SMARTS) is 1. The van der Waals surface area contributed by atoms with Crippen molar-refractivity contribution in [1.29, 1.82) is 0 Å². The number of β-amino-alcohol motifs (C(OH)–C–C–N with tert-alkyl or cyclic N) is 1. The summed E-state index contributed by atoms with van der Waals surface area (Å²) in [6.07, 6.45) is 4.44. The number of amides is 16. The first-order valence-electron chi connectivity index (χ1n) is 43.6. The maximum absolute atomic E-state index is 15.2.